The van der Waals surface area contributed by atoms with E-state index in [1.165, 1.54) is 12.1 Å². The minimum atomic E-state index is -1.29. The lowest BCUT2D eigenvalue weighted by Gasteiger charge is -2.10. The fourth-order valence-corrected chi connectivity index (χ4v) is 1.56. The van der Waals surface area contributed by atoms with Gasteiger partial charge in [0.1, 0.15) is 5.82 Å². The van der Waals surface area contributed by atoms with Gasteiger partial charge in [0.15, 0.2) is 0 Å². The Bertz CT molecular complexity index is 463. The Morgan fingerprint density at radius 3 is 2.68 bits per heavy atom. The van der Waals surface area contributed by atoms with Crippen molar-refractivity contribution in [2.45, 2.75) is 26.2 Å². The minimum absolute atomic E-state index is 0.274. The van der Waals surface area contributed by atoms with Gasteiger partial charge in [-0.15, -0.1) is 0 Å². The van der Waals surface area contributed by atoms with Crippen molar-refractivity contribution in [1.82, 2.24) is 5.32 Å². The molecule has 104 valence electrons. The first-order chi connectivity index (χ1) is 9.06. The topological polar surface area (TPSA) is 78.4 Å². The number of unbranched alkanes of at least 4 members (excludes halogenated alkanes) is 2. The Morgan fingerprint density at radius 2 is 2.05 bits per heavy atom. The number of halogens is 1. The number of anilines is 1. The van der Waals surface area contributed by atoms with Crippen molar-refractivity contribution in [1.29, 1.82) is 0 Å². The molecule has 5 nitrogen and oxygen atoms in total. The zero-order valence-electron chi connectivity index (χ0n) is 10.7. The first-order valence-corrected chi connectivity index (χ1v) is 6.13. The van der Waals surface area contributed by atoms with E-state index in [4.69, 9.17) is 5.11 Å². The predicted octanol–water partition coefficient (Wildman–Crippen LogP) is 2.84. The normalized spacial score (nSPS) is 10.0. The summed E-state index contributed by atoms with van der Waals surface area (Å²) in [4.78, 5) is 22.4. The summed E-state index contributed by atoms with van der Waals surface area (Å²) in [6, 6.07) is 3.00. The Balaban J connectivity index is 2.66. The van der Waals surface area contributed by atoms with Gasteiger partial charge in [-0.25, -0.2) is 14.0 Å². The minimum Gasteiger partial charge on any atom is -0.478 e. The molecule has 0 aliphatic rings. The Morgan fingerprint density at radius 1 is 1.32 bits per heavy atom. The number of rotatable bonds is 6. The number of benzene rings is 1. The van der Waals surface area contributed by atoms with Gasteiger partial charge in [-0.2, -0.15) is 0 Å². The van der Waals surface area contributed by atoms with Crippen LogP contribution in [0.2, 0.25) is 0 Å². The van der Waals surface area contributed by atoms with Crippen molar-refractivity contribution in [3.8, 4) is 0 Å². The summed E-state index contributed by atoms with van der Waals surface area (Å²) in [5, 5.41) is 13.7. The average Bonchev–Trinajstić information content (AvgIpc) is 2.37. The highest BCUT2D eigenvalue weighted by molar-refractivity contribution is 6.00. The fraction of sp³-hybridized carbons (Fsp3) is 0.385. The van der Waals surface area contributed by atoms with Crippen LogP contribution in [0.15, 0.2) is 18.2 Å². The van der Waals surface area contributed by atoms with E-state index in [1.54, 1.807) is 0 Å². The number of carbonyl (C=O) groups is 2. The van der Waals surface area contributed by atoms with E-state index in [1.807, 2.05) is 6.92 Å². The Labute approximate surface area is 110 Å². The number of nitrogens with one attached hydrogen (secondary N) is 2. The molecule has 2 amide bonds. The quantitative estimate of drug-likeness (QED) is 0.694. The van der Waals surface area contributed by atoms with E-state index in [9.17, 15) is 14.0 Å². The molecule has 0 radical (unpaired) electrons. The van der Waals surface area contributed by atoms with Crippen LogP contribution in [0.4, 0.5) is 14.9 Å². The monoisotopic (exact) mass is 268 g/mol. The third kappa shape index (κ3) is 4.57. The molecule has 0 aliphatic heterocycles. The second-order valence-corrected chi connectivity index (χ2v) is 4.06. The summed E-state index contributed by atoms with van der Waals surface area (Å²) in [5.74, 6) is -2.07. The molecule has 0 spiro atoms. The number of carboxylic acids is 1. The fourth-order valence-electron chi connectivity index (χ4n) is 1.56. The van der Waals surface area contributed by atoms with Gasteiger partial charge in [0.25, 0.3) is 0 Å². The highest BCUT2D eigenvalue weighted by Gasteiger charge is 2.16. The van der Waals surface area contributed by atoms with Crippen LogP contribution in [0.5, 0.6) is 0 Å². The second kappa shape index (κ2) is 7.35. The molecule has 19 heavy (non-hydrogen) atoms. The molecule has 0 fully saturated rings. The van der Waals surface area contributed by atoms with Crippen LogP contribution in [0.25, 0.3) is 0 Å². The average molecular weight is 268 g/mol. The third-order valence-electron chi connectivity index (χ3n) is 2.55. The molecule has 6 heteroatoms. The maximum atomic E-state index is 13.5. The van der Waals surface area contributed by atoms with Crippen LogP contribution in [0.1, 0.15) is 36.5 Å². The van der Waals surface area contributed by atoms with Crippen LogP contribution >= 0.6 is 0 Å². The van der Waals surface area contributed by atoms with Crippen LogP contribution in [-0.4, -0.2) is 23.7 Å². The van der Waals surface area contributed by atoms with E-state index >= 15 is 0 Å². The number of hydrogen-bond acceptors (Lipinski definition) is 2. The van der Waals surface area contributed by atoms with Crippen LogP contribution in [0, 0.1) is 5.82 Å². The second-order valence-electron chi connectivity index (χ2n) is 4.06. The van der Waals surface area contributed by atoms with E-state index in [2.05, 4.69) is 10.6 Å². The van der Waals surface area contributed by atoms with Crippen molar-refractivity contribution in [2.75, 3.05) is 11.9 Å². The Kier molecular flexibility index (Phi) is 5.78. The summed E-state index contributed by atoms with van der Waals surface area (Å²) in [5.41, 5.74) is -0.591. The highest BCUT2D eigenvalue weighted by atomic mass is 19.1. The summed E-state index contributed by atoms with van der Waals surface area (Å²) in [7, 11) is 0. The first-order valence-electron chi connectivity index (χ1n) is 6.13. The smallest absolute Gasteiger partial charge is 0.337 e. The molecule has 0 aromatic heterocycles. The maximum absolute atomic E-state index is 13.5. The van der Waals surface area contributed by atoms with Crippen molar-refractivity contribution >= 4 is 17.7 Å². The summed E-state index contributed by atoms with van der Waals surface area (Å²) >= 11 is 0. The van der Waals surface area contributed by atoms with E-state index < -0.39 is 17.8 Å². The lowest BCUT2D eigenvalue weighted by atomic mass is 10.1. The molecular weight excluding hydrogens is 251 g/mol. The summed E-state index contributed by atoms with van der Waals surface area (Å²) in [6.07, 6.45) is 2.84. The number of carboxylic acid groups (broad SMARTS) is 1. The van der Waals surface area contributed by atoms with E-state index in [0.717, 1.165) is 25.3 Å². The van der Waals surface area contributed by atoms with Gasteiger partial charge >= 0.3 is 12.0 Å². The van der Waals surface area contributed by atoms with Gasteiger partial charge in [-0.3, -0.25) is 0 Å². The molecule has 3 N–H and O–H groups in total. The number of hydrogen-bond donors (Lipinski definition) is 3. The van der Waals surface area contributed by atoms with Crippen LogP contribution in [0.3, 0.4) is 0 Å². The molecule has 0 unspecified atom stereocenters. The number of carbonyl (C=O) groups excluding carboxylic acids is 1. The standard InChI is InChI=1S/C13H17FN2O3/c1-2-3-4-8-15-13(19)16-11-9(12(17)18)6-5-7-10(11)14/h5-7H,2-4,8H2,1H3,(H,17,18)(H2,15,16,19). The van der Waals surface area contributed by atoms with Gasteiger partial charge in [-0.05, 0) is 18.6 Å². The summed E-state index contributed by atoms with van der Waals surface area (Å²) < 4.78 is 13.5. The van der Waals surface area contributed by atoms with Gasteiger partial charge in [0, 0.05) is 6.54 Å². The number of aromatic carboxylic acids is 1. The van der Waals surface area contributed by atoms with Gasteiger partial charge in [-0.1, -0.05) is 25.8 Å². The zero-order chi connectivity index (χ0) is 14.3. The van der Waals surface area contributed by atoms with Crippen LogP contribution < -0.4 is 10.6 Å². The molecule has 0 bridgehead atoms. The molecular formula is C13H17FN2O3. The zero-order valence-corrected chi connectivity index (χ0v) is 10.7. The number of para-hydroxylation sites is 1. The molecule has 1 rings (SSSR count). The van der Waals surface area contributed by atoms with Crippen molar-refractivity contribution in [3.05, 3.63) is 29.6 Å². The maximum Gasteiger partial charge on any atom is 0.337 e. The van der Waals surface area contributed by atoms with Gasteiger partial charge in [0.05, 0.1) is 11.3 Å². The van der Waals surface area contributed by atoms with Crippen molar-refractivity contribution in [2.24, 2.45) is 0 Å². The molecule has 0 atom stereocenters. The molecule has 0 aliphatic carbocycles. The molecule has 1 aromatic carbocycles. The van der Waals surface area contributed by atoms with Crippen molar-refractivity contribution in [3.63, 3.8) is 0 Å². The molecule has 0 saturated carbocycles. The SMILES string of the molecule is CCCCCNC(=O)Nc1c(F)cccc1C(=O)O. The largest absolute Gasteiger partial charge is 0.478 e. The predicted molar refractivity (Wildman–Crippen MR) is 69.9 cm³/mol. The van der Waals surface area contributed by atoms with E-state index in [0.29, 0.717) is 6.54 Å². The van der Waals surface area contributed by atoms with Gasteiger partial charge in [0.2, 0.25) is 0 Å². The van der Waals surface area contributed by atoms with Crippen molar-refractivity contribution < 1.29 is 19.1 Å². The molecule has 0 saturated heterocycles. The number of amides is 2. The summed E-state index contributed by atoms with van der Waals surface area (Å²) in [6.45, 7) is 2.51. The molecule has 0 heterocycles. The lowest BCUT2D eigenvalue weighted by Crippen LogP contribution is -2.30. The Hall–Kier alpha value is -2.11. The van der Waals surface area contributed by atoms with E-state index in [-0.39, 0.29) is 11.3 Å². The molecule has 1 aromatic rings. The van der Waals surface area contributed by atoms with Crippen LogP contribution in [-0.2, 0) is 0 Å². The first kappa shape index (κ1) is 14.9. The lowest BCUT2D eigenvalue weighted by molar-refractivity contribution is 0.0697. The third-order valence-corrected chi connectivity index (χ3v) is 2.55. The highest BCUT2D eigenvalue weighted by Crippen LogP contribution is 2.19. The van der Waals surface area contributed by atoms with Gasteiger partial charge < -0.3 is 15.7 Å². The number of urea groups is 1.